The second kappa shape index (κ2) is 3.85. The van der Waals surface area contributed by atoms with E-state index in [0.29, 0.717) is 0 Å². The lowest BCUT2D eigenvalue weighted by atomic mass is 10.3. The van der Waals surface area contributed by atoms with Crippen molar-refractivity contribution in [1.82, 2.24) is 10.2 Å². The highest BCUT2D eigenvalue weighted by Gasteiger charge is 2.06. The standard InChI is InChI=1S/C7H16N2.H2/c1-2-5-9-6-3-8-4-7-9;/h8H,2-7H2,1H3;1H. The van der Waals surface area contributed by atoms with Gasteiger partial charge in [0.2, 0.25) is 0 Å². The summed E-state index contributed by atoms with van der Waals surface area (Å²) in [7, 11) is 0. The Balaban J connectivity index is 0.000000810. The van der Waals surface area contributed by atoms with E-state index in [0.717, 1.165) is 0 Å². The van der Waals surface area contributed by atoms with Crippen LogP contribution in [0.5, 0.6) is 0 Å². The van der Waals surface area contributed by atoms with Crippen molar-refractivity contribution >= 4 is 0 Å². The summed E-state index contributed by atoms with van der Waals surface area (Å²) in [5.74, 6) is 0. The van der Waals surface area contributed by atoms with Gasteiger partial charge in [0.15, 0.2) is 0 Å². The molecule has 1 rings (SSSR count). The van der Waals surface area contributed by atoms with Crippen LogP contribution >= 0.6 is 0 Å². The van der Waals surface area contributed by atoms with Gasteiger partial charge in [-0.25, -0.2) is 0 Å². The molecule has 1 saturated heterocycles. The zero-order valence-corrected chi connectivity index (χ0v) is 6.19. The molecule has 2 heteroatoms. The zero-order valence-electron chi connectivity index (χ0n) is 6.19. The Bertz CT molecular complexity index is 69.3. The normalized spacial score (nSPS) is 22.3. The molecule has 56 valence electrons. The van der Waals surface area contributed by atoms with E-state index in [1.807, 2.05) is 0 Å². The minimum absolute atomic E-state index is 0. The summed E-state index contributed by atoms with van der Waals surface area (Å²) in [5, 5.41) is 3.33. The predicted molar refractivity (Wildman–Crippen MR) is 41.7 cm³/mol. The highest BCUT2D eigenvalue weighted by molar-refractivity contribution is 4.65. The van der Waals surface area contributed by atoms with Gasteiger partial charge in [-0.3, -0.25) is 0 Å². The first kappa shape index (κ1) is 7.03. The number of rotatable bonds is 2. The van der Waals surface area contributed by atoms with E-state index in [1.54, 1.807) is 0 Å². The van der Waals surface area contributed by atoms with Gasteiger partial charge < -0.3 is 10.2 Å². The van der Waals surface area contributed by atoms with Crippen LogP contribution in [-0.2, 0) is 0 Å². The molecule has 0 radical (unpaired) electrons. The highest BCUT2D eigenvalue weighted by atomic mass is 15.2. The summed E-state index contributed by atoms with van der Waals surface area (Å²) in [5.41, 5.74) is 0. The second-order valence-corrected chi connectivity index (χ2v) is 2.59. The second-order valence-electron chi connectivity index (χ2n) is 2.59. The van der Waals surface area contributed by atoms with Crippen molar-refractivity contribution in [3.63, 3.8) is 0 Å². The predicted octanol–water partition coefficient (Wildman–Crippen LogP) is 0.548. The van der Waals surface area contributed by atoms with Crippen molar-refractivity contribution in [2.75, 3.05) is 32.7 Å². The lowest BCUT2D eigenvalue weighted by Gasteiger charge is -2.26. The quantitative estimate of drug-likeness (QED) is 0.587. The zero-order chi connectivity index (χ0) is 6.53. The van der Waals surface area contributed by atoms with Crippen molar-refractivity contribution in [1.29, 1.82) is 0 Å². The molecule has 9 heavy (non-hydrogen) atoms. The molecule has 1 aliphatic rings. The molecule has 0 aromatic carbocycles. The average molecular weight is 130 g/mol. The molecular formula is C7H18N2. The highest BCUT2D eigenvalue weighted by Crippen LogP contribution is 1.92. The van der Waals surface area contributed by atoms with Crippen LogP contribution in [0, 0.1) is 0 Å². The van der Waals surface area contributed by atoms with Gasteiger partial charge in [-0.15, -0.1) is 0 Å². The number of hydrogen-bond acceptors (Lipinski definition) is 2. The maximum atomic E-state index is 3.33. The number of nitrogens with one attached hydrogen (secondary N) is 1. The van der Waals surface area contributed by atoms with Crippen molar-refractivity contribution in [3.05, 3.63) is 0 Å². The molecular weight excluding hydrogens is 112 g/mol. The van der Waals surface area contributed by atoms with Gasteiger partial charge in [0, 0.05) is 27.6 Å². The first-order valence-corrected chi connectivity index (χ1v) is 3.86. The molecule has 2 nitrogen and oxygen atoms in total. The molecule has 0 atom stereocenters. The Morgan fingerprint density at radius 3 is 2.67 bits per heavy atom. The first-order valence-electron chi connectivity index (χ1n) is 3.86. The van der Waals surface area contributed by atoms with Crippen LogP contribution in [0.2, 0.25) is 0 Å². The minimum Gasteiger partial charge on any atom is -0.314 e. The van der Waals surface area contributed by atoms with Gasteiger partial charge in [-0.2, -0.15) is 0 Å². The first-order chi connectivity index (χ1) is 4.43. The van der Waals surface area contributed by atoms with Crippen LogP contribution in [-0.4, -0.2) is 37.6 Å². The molecule has 1 fully saturated rings. The van der Waals surface area contributed by atoms with E-state index in [-0.39, 0.29) is 1.43 Å². The summed E-state index contributed by atoms with van der Waals surface area (Å²) >= 11 is 0. The molecule has 1 heterocycles. The van der Waals surface area contributed by atoms with E-state index < -0.39 is 0 Å². The van der Waals surface area contributed by atoms with Crippen LogP contribution in [0.25, 0.3) is 0 Å². The lowest BCUT2D eigenvalue weighted by molar-refractivity contribution is 0.241. The van der Waals surface area contributed by atoms with E-state index >= 15 is 0 Å². The lowest BCUT2D eigenvalue weighted by Crippen LogP contribution is -2.43. The largest absolute Gasteiger partial charge is 0.314 e. The van der Waals surface area contributed by atoms with Gasteiger partial charge in [0.25, 0.3) is 0 Å². The summed E-state index contributed by atoms with van der Waals surface area (Å²) in [6.45, 7) is 8.37. The Morgan fingerprint density at radius 1 is 1.44 bits per heavy atom. The Labute approximate surface area is 58.7 Å². The molecule has 0 aromatic rings. The van der Waals surface area contributed by atoms with Gasteiger partial charge in [-0.1, -0.05) is 6.92 Å². The molecule has 1 aliphatic heterocycles. The van der Waals surface area contributed by atoms with Gasteiger partial charge >= 0.3 is 0 Å². The molecule has 0 unspecified atom stereocenters. The maximum absolute atomic E-state index is 3.33. The average Bonchev–Trinajstić information content (AvgIpc) is 1.91. The molecule has 0 saturated carbocycles. The fourth-order valence-corrected chi connectivity index (χ4v) is 1.25. The van der Waals surface area contributed by atoms with E-state index in [1.165, 1.54) is 39.1 Å². The third-order valence-electron chi connectivity index (χ3n) is 1.75. The summed E-state index contributed by atoms with van der Waals surface area (Å²) < 4.78 is 0. The SMILES string of the molecule is CCCN1CCNCC1.[HH]. The van der Waals surface area contributed by atoms with Crippen molar-refractivity contribution in [3.8, 4) is 0 Å². The monoisotopic (exact) mass is 130 g/mol. The van der Waals surface area contributed by atoms with Crippen LogP contribution < -0.4 is 5.32 Å². The topological polar surface area (TPSA) is 15.3 Å². The van der Waals surface area contributed by atoms with Crippen LogP contribution in [0.4, 0.5) is 0 Å². The molecule has 0 spiro atoms. The molecule has 0 bridgehead atoms. The van der Waals surface area contributed by atoms with Gasteiger partial charge in [-0.05, 0) is 13.0 Å². The molecule has 0 amide bonds. The van der Waals surface area contributed by atoms with Gasteiger partial charge in [0.1, 0.15) is 0 Å². The Hall–Kier alpha value is -0.0800. The summed E-state index contributed by atoms with van der Waals surface area (Å²) in [6, 6.07) is 0. The van der Waals surface area contributed by atoms with Crippen molar-refractivity contribution < 1.29 is 1.43 Å². The summed E-state index contributed by atoms with van der Waals surface area (Å²) in [6.07, 6.45) is 1.29. The van der Waals surface area contributed by atoms with Crippen molar-refractivity contribution in [2.24, 2.45) is 0 Å². The number of piperazine rings is 1. The summed E-state index contributed by atoms with van der Waals surface area (Å²) in [4.78, 5) is 2.51. The van der Waals surface area contributed by atoms with Crippen LogP contribution in [0.15, 0.2) is 0 Å². The number of hydrogen-bond donors (Lipinski definition) is 1. The van der Waals surface area contributed by atoms with E-state index in [9.17, 15) is 0 Å². The molecule has 0 aliphatic carbocycles. The maximum Gasteiger partial charge on any atom is 0.0107 e. The number of nitrogens with zero attached hydrogens (tertiary/aromatic N) is 1. The Morgan fingerprint density at radius 2 is 2.11 bits per heavy atom. The molecule has 1 N–H and O–H groups in total. The fraction of sp³-hybridized carbons (Fsp3) is 1.00. The third kappa shape index (κ3) is 2.33. The van der Waals surface area contributed by atoms with Crippen LogP contribution in [0.1, 0.15) is 14.8 Å². The van der Waals surface area contributed by atoms with Crippen LogP contribution in [0.3, 0.4) is 0 Å². The minimum atomic E-state index is 0. The molecule has 0 aromatic heterocycles. The van der Waals surface area contributed by atoms with Crippen molar-refractivity contribution in [2.45, 2.75) is 13.3 Å². The Kier molecular flexibility index (Phi) is 3.01. The van der Waals surface area contributed by atoms with Gasteiger partial charge in [0.05, 0.1) is 0 Å². The smallest absolute Gasteiger partial charge is 0.0107 e. The van der Waals surface area contributed by atoms with E-state index in [4.69, 9.17) is 0 Å². The van der Waals surface area contributed by atoms with E-state index in [2.05, 4.69) is 17.1 Å². The fourth-order valence-electron chi connectivity index (χ4n) is 1.25. The third-order valence-corrected chi connectivity index (χ3v) is 1.75.